The Balaban J connectivity index is 2.88. The number of esters is 1. The van der Waals surface area contributed by atoms with Crippen LogP contribution in [0.4, 0.5) is 0 Å². The number of hydrogen-bond donors (Lipinski definition) is 1. The first-order chi connectivity index (χ1) is 8.96. The monoisotopic (exact) mass is 266 g/mol. The van der Waals surface area contributed by atoms with Gasteiger partial charge in [0.25, 0.3) is 0 Å². The fraction of sp³-hybridized carbons (Fsp3) is 0.533. The minimum Gasteiger partial charge on any atom is -0.482 e. The second kappa shape index (κ2) is 6.57. The molecule has 0 aliphatic heterocycles. The maximum absolute atomic E-state index is 11.0. The predicted octanol–water partition coefficient (Wildman–Crippen LogP) is 2.55. The summed E-state index contributed by atoms with van der Waals surface area (Å²) >= 11 is 0. The number of ether oxygens (including phenoxy) is 2. The fourth-order valence-corrected chi connectivity index (χ4v) is 1.95. The van der Waals surface area contributed by atoms with E-state index in [1.165, 1.54) is 7.11 Å². The summed E-state index contributed by atoms with van der Waals surface area (Å²) < 4.78 is 9.89. The summed E-state index contributed by atoms with van der Waals surface area (Å²) in [6, 6.07) is 5.52. The molecule has 0 aromatic heterocycles. The van der Waals surface area contributed by atoms with Gasteiger partial charge in [-0.25, -0.2) is 4.79 Å². The largest absolute Gasteiger partial charge is 0.482 e. The van der Waals surface area contributed by atoms with Crippen molar-refractivity contribution in [1.82, 2.24) is 0 Å². The third kappa shape index (κ3) is 3.70. The molecule has 0 saturated carbocycles. The zero-order chi connectivity index (χ0) is 14.5. The Kier molecular flexibility index (Phi) is 5.36. The molecule has 0 amide bonds. The van der Waals surface area contributed by atoms with Crippen LogP contribution in [0, 0.1) is 6.92 Å². The van der Waals surface area contributed by atoms with Gasteiger partial charge < -0.3 is 14.6 Å². The Labute approximate surface area is 114 Å². The van der Waals surface area contributed by atoms with Gasteiger partial charge in [0.05, 0.1) is 12.7 Å². The summed E-state index contributed by atoms with van der Waals surface area (Å²) in [5.41, 5.74) is 0.966. The van der Waals surface area contributed by atoms with Crippen molar-refractivity contribution in [2.45, 2.75) is 39.2 Å². The van der Waals surface area contributed by atoms with Crippen molar-refractivity contribution in [3.8, 4) is 5.75 Å². The minimum atomic E-state index is -0.800. The highest BCUT2D eigenvalue weighted by atomic mass is 16.6. The number of aliphatic hydroxyl groups is 1. The van der Waals surface area contributed by atoms with Gasteiger partial charge in [0.2, 0.25) is 0 Å². The van der Waals surface area contributed by atoms with Crippen molar-refractivity contribution >= 4 is 5.97 Å². The molecule has 0 bridgehead atoms. The van der Waals surface area contributed by atoms with Crippen molar-refractivity contribution in [3.05, 3.63) is 29.3 Å². The van der Waals surface area contributed by atoms with Crippen LogP contribution in [0.3, 0.4) is 0 Å². The van der Waals surface area contributed by atoms with Gasteiger partial charge in [-0.05, 0) is 43.0 Å². The van der Waals surface area contributed by atoms with E-state index >= 15 is 0 Å². The topological polar surface area (TPSA) is 55.8 Å². The SMILES string of the molecule is CCC(O)(CC)c1ccc(OCC(=O)OC)c(C)c1. The lowest BCUT2D eigenvalue weighted by Gasteiger charge is -2.26. The quantitative estimate of drug-likeness (QED) is 0.804. The van der Waals surface area contributed by atoms with E-state index in [9.17, 15) is 9.90 Å². The number of carbonyl (C=O) groups is 1. The van der Waals surface area contributed by atoms with E-state index in [2.05, 4.69) is 4.74 Å². The number of benzene rings is 1. The minimum absolute atomic E-state index is 0.109. The molecule has 1 rings (SSSR count). The first-order valence-electron chi connectivity index (χ1n) is 6.50. The van der Waals surface area contributed by atoms with E-state index in [0.717, 1.165) is 11.1 Å². The van der Waals surface area contributed by atoms with E-state index in [1.54, 1.807) is 6.07 Å². The molecule has 0 aliphatic carbocycles. The summed E-state index contributed by atoms with van der Waals surface area (Å²) in [6.07, 6.45) is 1.32. The average Bonchev–Trinajstić information content (AvgIpc) is 2.44. The molecule has 0 saturated heterocycles. The molecule has 1 aromatic carbocycles. The number of rotatable bonds is 6. The molecule has 4 heteroatoms. The highest BCUT2D eigenvalue weighted by Gasteiger charge is 2.25. The molecule has 1 aromatic rings. The normalized spacial score (nSPS) is 11.2. The summed E-state index contributed by atoms with van der Waals surface area (Å²) in [5.74, 6) is 0.214. The van der Waals surface area contributed by atoms with Crippen LogP contribution in [-0.2, 0) is 15.1 Å². The van der Waals surface area contributed by atoms with Crippen LogP contribution in [0.1, 0.15) is 37.8 Å². The van der Waals surface area contributed by atoms with Crippen LogP contribution in [0.2, 0.25) is 0 Å². The molecular formula is C15H22O4. The maximum Gasteiger partial charge on any atom is 0.343 e. The smallest absolute Gasteiger partial charge is 0.343 e. The van der Waals surface area contributed by atoms with Gasteiger partial charge in [-0.2, -0.15) is 0 Å². The lowest BCUT2D eigenvalue weighted by molar-refractivity contribution is -0.142. The highest BCUT2D eigenvalue weighted by Crippen LogP contribution is 2.31. The number of methoxy groups -OCH3 is 1. The van der Waals surface area contributed by atoms with Crippen LogP contribution in [0.5, 0.6) is 5.75 Å². The second-order valence-electron chi connectivity index (χ2n) is 4.58. The standard InChI is InChI=1S/C15H22O4/c1-5-15(17,6-2)12-7-8-13(11(3)9-12)19-10-14(16)18-4/h7-9,17H,5-6,10H2,1-4H3. The molecule has 0 fully saturated rings. The molecule has 0 radical (unpaired) electrons. The second-order valence-corrected chi connectivity index (χ2v) is 4.58. The van der Waals surface area contributed by atoms with E-state index < -0.39 is 11.6 Å². The molecule has 4 nitrogen and oxygen atoms in total. The van der Waals surface area contributed by atoms with E-state index in [0.29, 0.717) is 18.6 Å². The summed E-state index contributed by atoms with van der Waals surface area (Å²) in [4.78, 5) is 11.0. The zero-order valence-electron chi connectivity index (χ0n) is 12.0. The van der Waals surface area contributed by atoms with Crippen molar-refractivity contribution in [2.24, 2.45) is 0 Å². The first-order valence-corrected chi connectivity index (χ1v) is 6.50. The Bertz CT molecular complexity index is 436. The van der Waals surface area contributed by atoms with Crippen LogP contribution in [-0.4, -0.2) is 24.8 Å². The molecule has 19 heavy (non-hydrogen) atoms. The van der Waals surface area contributed by atoms with Gasteiger partial charge in [-0.15, -0.1) is 0 Å². The van der Waals surface area contributed by atoms with Crippen LogP contribution in [0.15, 0.2) is 18.2 Å². The lowest BCUT2D eigenvalue weighted by atomic mass is 9.88. The van der Waals surface area contributed by atoms with Crippen LogP contribution in [0.25, 0.3) is 0 Å². The fourth-order valence-electron chi connectivity index (χ4n) is 1.95. The highest BCUT2D eigenvalue weighted by molar-refractivity contribution is 5.70. The average molecular weight is 266 g/mol. The molecule has 0 unspecified atom stereocenters. The number of aryl methyl sites for hydroxylation is 1. The molecular weight excluding hydrogens is 244 g/mol. The van der Waals surface area contributed by atoms with Gasteiger partial charge in [0.1, 0.15) is 5.75 Å². The van der Waals surface area contributed by atoms with Crippen LogP contribution < -0.4 is 4.74 Å². The molecule has 0 atom stereocenters. The van der Waals surface area contributed by atoms with Gasteiger partial charge in [0.15, 0.2) is 6.61 Å². The van der Waals surface area contributed by atoms with Crippen molar-refractivity contribution in [3.63, 3.8) is 0 Å². The van der Waals surface area contributed by atoms with Crippen molar-refractivity contribution in [1.29, 1.82) is 0 Å². The van der Waals surface area contributed by atoms with E-state index in [1.807, 2.05) is 32.9 Å². The third-order valence-electron chi connectivity index (χ3n) is 3.46. The zero-order valence-corrected chi connectivity index (χ0v) is 12.0. The van der Waals surface area contributed by atoms with Gasteiger partial charge in [-0.3, -0.25) is 0 Å². The Morgan fingerprint density at radius 3 is 2.42 bits per heavy atom. The maximum atomic E-state index is 11.0. The summed E-state index contributed by atoms with van der Waals surface area (Å²) in [6.45, 7) is 5.70. The lowest BCUT2D eigenvalue weighted by Crippen LogP contribution is -2.23. The Morgan fingerprint density at radius 2 is 1.95 bits per heavy atom. The molecule has 1 N–H and O–H groups in total. The van der Waals surface area contributed by atoms with E-state index in [-0.39, 0.29) is 6.61 Å². The molecule has 0 spiro atoms. The van der Waals surface area contributed by atoms with Crippen molar-refractivity contribution in [2.75, 3.05) is 13.7 Å². The number of hydrogen-bond acceptors (Lipinski definition) is 4. The predicted molar refractivity (Wildman–Crippen MR) is 73.2 cm³/mol. The van der Waals surface area contributed by atoms with Gasteiger partial charge in [0, 0.05) is 0 Å². The van der Waals surface area contributed by atoms with Crippen LogP contribution >= 0.6 is 0 Å². The first kappa shape index (κ1) is 15.5. The number of carbonyl (C=O) groups excluding carboxylic acids is 1. The van der Waals surface area contributed by atoms with Gasteiger partial charge >= 0.3 is 5.97 Å². The van der Waals surface area contributed by atoms with Gasteiger partial charge in [-0.1, -0.05) is 19.9 Å². The molecule has 0 heterocycles. The molecule has 0 aliphatic rings. The Hall–Kier alpha value is -1.55. The van der Waals surface area contributed by atoms with Crippen molar-refractivity contribution < 1.29 is 19.4 Å². The summed E-state index contributed by atoms with van der Waals surface area (Å²) in [7, 11) is 1.32. The Morgan fingerprint density at radius 1 is 1.32 bits per heavy atom. The third-order valence-corrected chi connectivity index (χ3v) is 3.46. The van der Waals surface area contributed by atoms with E-state index in [4.69, 9.17) is 4.74 Å². The summed E-state index contributed by atoms with van der Waals surface area (Å²) in [5, 5.41) is 10.5. The molecule has 106 valence electrons.